The smallest absolute Gasteiger partial charge is 0.241 e. The van der Waals surface area contributed by atoms with Gasteiger partial charge in [-0.25, -0.2) is 4.98 Å². The first kappa shape index (κ1) is 12.1. The fourth-order valence-corrected chi connectivity index (χ4v) is 2.61. The normalized spacial score (nSPS) is 11.8. The van der Waals surface area contributed by atoms with Crippen molar-refractivity contribution in [3.63, 3.8) is 0 Å². The Morgan fingerprint density at radius 2 is 1.76 bits per heavy atom. The van der Waals surface area contributed by atoms with Crippen LogP contribution in [0.5, 0.6) is 0 Å². The van der Waals surface area contributed by atoms with E-state index in [0.717, 1.165) is 11.1 Å². The van der Waals surface area contributed by atoms with Gasteiger partial charge in [-0.15, -0.1) is 11.3 Å². The summed E-state index contributed by atoms with van der Waals surface area (Å²) < 4.78 is 37.9. The van der Waals surface area contributed by atoms with Crippen LogP contribution in [-0.4, -0.2) is 4.98 Å². The average molecular weight is 257 g/mol. The molecule has 1 aromatic carbocycles. The zero-order valence-electron chi connectivity index (χ0n) is 9.30. The summed E-state index contributed by atoms with van der Waals surface area (Å²) in [6.45, 7) is 3.25. The molecule has 1 aromatic heterocycles. The molecule has 2 aromatic rings. The fourth-order valence-electron chi connectivity index (χ4n) is 1.59. The van der Waals surface area contributed by atoms with Crippen LogP contribution in [0.25, 0.3) is 10.6 Å². The maximum atomic E-state index is 12.6. The highest BCUT2D eigenvalue weighted by atomic mass is 32.1. The molecule has 0 aliphatic rings. The molecule has 1 heterocycles. The van der Waals surface area contributed by atoms with Crippen LogP contribution in [0.1, 0.15) is 16.1 Å². The predicted octanol–water partition coefficient (Wildman–Crippen LogP) is 4.45. The number of hydrogen-bond donors (Lipinski definition) is 0. The molecule has 0 aliphatic carbocycles. The molecule has 0 bridgehead atoms. The van der Waals surface area contributed by atoms with Crippen LogP contribution in [0, 0.1) is 13.8 Å². The van der Waals surface area contributed by atoms with Crippen molar-refractivity contribution in [1.82, 2.24) is 4.98 Å². The summed E-state index contributed by atoms with van der Waals surface area (Å²) in [5, 5.41) is 0.424. The maximum Gasteiger partial charge on any atom is 0.427 e. The molecule has 0 atom stereocenters. The zero-order chi connectivity index (χ0) is 12.6. The molecular weight excluding hydrogens is 247 g/mol. The van der Waals surface area contributed by atoms with Crippen molar-refractivity contribution in [3.8, 4) is 10.6 Å². The lowest BCUT2D eigenvalue weighted by molar-refractivity contribution is -0.134. The largest absolute Gasteiger partial charge is 0.427 e. The highest BCUT2D eigenvalue weighted by Crippen LogP contribution is 2.39. The van der Waals surface area contributed by atoms with Crippen molar-refractivity contribution >= 4 is 11.3 Å². The van der Waals surface area contributed by atoms with Gasteiger partial charge in [0, 0.05) is 5.56 Å². The molecule has 0 spiro atoms. The van der Waals surface area contributed by atoms with E-state index in [-0.39, 0.29) is 5.69 Å². The Kier molecular flexibility index (Phi) is 2.95. The summed E-state index contributed by atoms with van der Waals surface area (Å²) in [6.07, 6.45) is -4.32. The molecule has 0 aliphatic heterocycles. The Hall–Kier alpha value is -1.36. The molecule has 0 amide bonds. The third-order valence-electron chi connectivity index (χ3n) is 2.43. The van der Waals surface area contributed by atoms with Gasteiger partial charge in [0.25, 0.3) is 0 Å². The van der Waals surface area contributed by atoms with E-state index in [1.807, 2.05) is 19.1 Å². The van der Waals surface area contributed by atoms with Crippen LogP contribution in [0.2, 0.25) is 0 Å². The molecular formula is C12H10F3NS. The minimum Gasteiger partial charge on any atom is -0.241 e. The monoisotopic (exact) mass is 257 g/mol. The fraction of sp³-hybridized carbons (Fsp3) is 0.250. The second-order valence-electron chi connectivity index (χ2n) is 3.75. The van der Waals surface area contributed by atoms with Gasteiger partial charge in [0.15, 0.2) is 0 Å². The predicted molar refractivity (Wildman–Crippen MR) is 62.0 cm³/mol. The number of hydrogen-bond acceptors (Lipinski definition) is 2. The van der Waals surface area contributed by atoms with E-state index in [1.165, 1.54) is 6.92 Å². The highest BCUT2D eigenvalue weighted by molar-refractivity contribution is 7.15. The third kappa shape index (κ3) is 2.34. The Balaban J connectivity index is 2.53. The van der Waals surface area contributed by atoms with E-state index in [4.69, 9.17) is 0 Å². The molecule has 5 heteroatoms. The first-order chi connectivity index (χ1) is 7.89. The van der Waals surface area contributed by atoms with E-state index in [0.29, 0.717) is 16.3 Å². The second-order valence-corrected chi connectivity index (χ2v) is 4.75. The average Bonchev–Trinajstić information content (AvgIpc) is 2.60. The lowest BCUT2D eigenvalue weighted by atomic mass is 10.1. The lowest BCUT2D eigenvalue weighted by Gasteiger charge is -2.02. The summed E-state index contributed by atoms with van der Waals surface area (Å²) in [7, 11) is 0. The number of aromatic nitrogens is 1. The molecule has 90 valence electrons. The molecule has 0 fully saturated rings. The number of halogens is 3. The Bertz CT molecular complexity index is 543. The Morgan fingerprint density at radius 3 is 2.29 bits per heavy atom. The van der Waals surface area contributed by atoms with Crippen molar-refractivity contribution in [3.05, 3.63) is 40.4 Å². The van der Waals surface area contributed by atoms with Crippen LogP contribution in [-0.2, 0) is 6.18 Å². The van der Waals surface area contributed by atoms with Crippen molar-refractivity contribution in [2.45, 2.75) is 20.0 Å². The van der Waals surface area contributed by atoms with Gasteiger partial charge < -0.3 is 0 Å². The molecule has 0 unspecified atom stereocenters. The number of benzene rings is 1. The molecule has 0 N–H and O–H groups in total. The number of aryl methyl sites for hydroxylation is 2. The third-order valence-corrected chi connectivity index (χ3v) is 3.67. The van der Waals surface area contributed by atoms with Gasteiger partial charge >= 0.3 is 6.18 Å². The van der Waals surface area contributed by atoms with E-state index < -0.39 is 11.1 Å². The standard InChI is InChI=1S/C12H10F3NS/c1-7-5-3-4-6-9(7)11-16-8(2)10(17-11)12(13,14)15/h3-6H,1-2H3. The van der Waals surface area contributed by atoms with E-state index in [1.54, 1.807) is 12.1 Å². The lowest BCUT2D eigenvalue weighted by Crippen LogP contribution is -2.03. The van der Waals surface area contributed by atoms with E-state index >= 15 is 0 Å². The minimum absolute atomic E-state index is 0.0424. The Morgan fingerprint density at radius 1 is 1.12 bits per heavy atom. The molecule has 0 radical (unpaired) electrons. The van der Waals surface area contributed by atoms with E-state index in [2.05, 4.69) is 4.98 Å². The Labute approximate surface area is 101 Å². The summed E-state index contributed by atoms with van der Waals surface area (Å²) >= 11 is 0.698. The first-order valence-electron chi connectivity index (χ1n) is 5.00. The molecule has 1 nitrogen and oxygen atoms in total. The van der Waals surface area contributed by atoms with Gasteiger partial charge in [0.05, 0.1) is 5.69 Å². The van der Waals surface area contributed by atoms with Crippen LogP contribution in [0.3, 0.4) is 0 Å². The maximum absolute atomic E-state index is 12.6. The zero-order valence-corrected chi connectivity index (χ0v) is 10.1. The number of alkyl halides is 3. The SMILES string of the molecule is Cc1ccccc1-c1nc(C)c(C(F)(F)F)s1. The topological polar surface area (TPSA) is 12.9 Å². The summed E-state index contributed by atoms with van der Waals surface area (Å²) in [5.74, 6) is 0. The van der Waals surface area contributed by atoms with Crippen LogP contribution >= 0.6 is 11.3 Å². The van der Waals surface area contributed by atoms with Gasteiger partial charge in [0.2, 0.25) is 0 Å². The van der Waals surface area contributed by atoms with Crippen molar-refractivity contribution < 1.29 is 13.2 Å². The minimum atomic E-state index is -4.32. The molecule has 2 rings (SSSR count). The second kappa shape index (κ2) is 4.14. The quantitative estimate of drug-likeness (QED) is 0.735. The number of nitrogens with zero attached hydrogens (tertiary/aromatic N) is 1. The van der Waals surface area contributed by atoms with E-state index in [9.17, 15) is 13.2 Å². The summed E-state index contributed by atoms with van der Waals surface area (Å²) in [6, 6.07) is 7.30. The van der Waals surface area contributed by atoms with Crippen molar-refractivity contribution in [2.75, 3.05) is 0 Å². The van der Waals surface area contributed by atoms with Crippen molar-refractivity contribution in [1.29, 1.82) is 0 Å². The van der Waals surface area contributed by atoms with Gasteiger partial charge in [-0.2, -0.15) is 13.2 Å². The highest BCUT2D eigenvalue weighted by Gasteiger charge is 2.35. The van der Waals surface area contributed by atoms with Crippen LogP contribution in [0.15, 0.2) is 24.3 Å². The van der Waals surface area contributed by atoms with Crippen molar-refractivity contribution in [2.24, 2.45) is 0 Å². The van der Waals surface area contributed by atoms with Gasteiger partial charge in [-0.1, -0.05) is 24.3 Å². The number of rotatable bonds is 1. The number of thiazole rings is 1. The molecule has 0 saturated carbocycles. The molecule has 0 saturated heterocycles. The summed E-state index contributed by atoms with van der Waals surface area (Å²) in [5.41, 5.74) is 1.73. The van der Waals surface area contributed by atoms with Gasteiger partial charge in [0.1, 0.15) is 9.88 Å². The first-order valence-corrected chi connectivity index (χ1v) is 5.82. The van der Waals surface area contributed by atoms with Gasteiger partial charge in [-0.05, 0) is 19.4 Å². The molecule has 17 heavy (non-hydrogen) atoms. The van der Waals surface area contributed by atoms with Gasteiger partial charge in [-0.3, -0.25) is 0 Å². The van der Waals surface area contributed by atoms with Crippen LogP contribution in [0.4, 0.5) is 13.2 Å². The van der Waals surface area contributed by atoms with Crippen LogP contribution < -0.4 is 0 Å². The summed E-state index contributed by atoms with van der Waals surface area (Å²) in [4.78, 5) is 3.39.